The van der Waals surface area contributed by atoms with Crippen molar-refractivity contribution in [2.24, 2.45) is 4.99 Å². The van der Waals surface area contributed by atoms with E-state index in [2.05, 4.69) is 50.0 Å². The van der Waals surface area contributed by atoms with Crippen LogP contribution in [0, 0.1) is 13.8 Å². The predicted molar refractivity (Wildman–Crippen MR) is 68.1 cm³/mol. The number of allylic oxidation sites excluding steroid dienone is 2. The summed E-state index contributed by atoms with van der Waals surface area (Å²) in [4.78, 5) is 4.41. The molecular formula is C14H19N. The molecule has 0 amide bonds. The summed E-state index contributed by atoms with van der Waals surface area (Å²) < 4.78 is 0. The van der Waals surface area contributed by atoms with Gasteiger partial charge in [-0.3, -0.25) is 4.99 Å². The van der Waals surface area contributed by atoms with Crippen molar-refractivity contribution in [3.05, 3.63) is 41.5 Å². The van der Waals surface area contributed by atoms with E-state index in [-0.39, 0.29) is 0 Å². The maximum absolute atomic E-state index is 4.41. The van der Waals surface area contributed by atoms with Gasteiger partial charge in [0, 0.05) is 6.21 Å². The minimum Gasteiger partial charge on any atom is -0.257 e. The van der Waals surface area contributed by atoms with Crippen LogP contribution in [0.2, 0.25) is 0 Å². The summed E-state index contributed by atoms with van der Waals surface area (Å²) >= 11 is 0. The van der Waals surface area contributed by atoms with Crippen molar-refractivity contribution in [1.82, 2.24) is 0 Å². The molecule has 0 heterocycles. The minimum absolute atomic E-state index is 1.06. The van der Waals surface area contributed by atoms with Crippen LogP contribution < -0.4 is 0 Å². The maximum Gasteiger partial charge on any atom is 0.0658 e. The van der Waals surface area contributed by atoms with Crippen molar-refractivity contribution in [3.63, 3.8) is 0 Å². The van der Waals surface area contributed by atoms with E-state index in [1.807, 2.05) is 12.3 Å². The molecule has 80 valence electrons. The van der Waals surface area contributed by atoms with Crippen LogP contribution in [0.4, 0.5) is 5.69 Å². The molecule has 1 heteroatoms. The van der Waals surface area contributed by atoms with E-state index < -0.39 is 0 Å². The Morgan fingerprint density at radius 1 is 1.27 bits per heavy atom. The predicted octanol–water partition coefficient (Wildman–Crippen LogP) is 4.36. The van der Waals surface area contributed by atoms with Crippen LogP contribution in [-0.2, 0) is 0 Å². The smallest absolute Gasteiger partial charge is 0.0658 e. The lowest BCUT2D eigenvalue weighted by Crippen LogP contribution is -1.77. The molecule has 0 spiro atoms. The summed E-state index contributed by atoms with van der Waals surface area (Å²) in [6.45, 7) is 6.36. The summed E-state index contributed by atoms with van der Waals surface area (Å²) in [5.74, 6) is 0. The van der Waals surface area contributed by atoms with Gasteiger partial charge in [-0.2, -0.15) is 0 Å². The molecule has 0 aliphatic heterocycles. The average molecular weight is 201 g/mol. The first-order valence-electron chi connectivity index (χ1n) is 5.50. The Morgan fingerprint density at radius 2 is 2.07 bits per heavy atom. The van der Waals surface area contributed by atoms with E-state index in [9.17, 15) is 0 Å². The molecule has 1 aromatic rings. The number of benzene rings is 1. The lowest BCUT2D eigenvalue weighted by Gasteiger charge is -1.99. The van der Waals surface area contributed by atoms with E-state index >= 15 is 0 Å². The van der Waals surface area contributed by atoms with Gasteiger partial charge in [0.25, 0.3) is 0 Å². The second-order valence-electron chi connectivity index (χ2n) is 3.78. The number of aliphatic imine (C=N–C) groups is 1. The fourth-order valence-corrected chi connectivity index (χ4v) is 1.40. The highest BCUT2D eigenvalue weighted by Crippen LogP contribution is 2.18. The number of aryl methyl sites for hydroxylation is 2. The van der Waals surface area contributed by atoms with Crippen molar-refractivity contribution in [2.75, 3.05) is 0 Å². The molecule has 15 heavy (non-hydrogen) atoms. The second-order valence-corrected chi connectivity index (χ2v) is 3.78. The van der Waals surface area contributed by atoms with Crippen molar-refractivity contribution in [1.29, 1.82) is 0 Å². The summed E-state index contributed by atoms with van der Waals surface area (Å²) in [5, 5.41) is 0. The summed E-state index contributed by atoms with van der Waals surface area (Å²) in [6, 6.07) is 6.31. The SMILES string of the molecule is CCC/C=C\C=Nc1ccc(C)cc1C. The number of unbranched alkanes of at least 4 members (excludes halogenated alkanes) is 1. The molecule has 0 saturated heterocycles. The molecule has 0 bridgehead atoms. The Morgan fingerprint density at radius 3 is 2.73 bits per heavy atom. The van der Waals surface area contributed by atoms with Crippen LogP contribution in [0.15, 0.2) is 35.3 Å². The first kappa shape index (κ1) is 11.7. The van der Waals surface area contributed by atoms with Gasteiger partial charge in [0.2, 0.25) is 0 Å². The van der Waals surface area contributed by atoms with E-state index in [4.69, 9.17) is 0 Å². The van der Waals surface area contributed by atoms with E-state index in [1.165, 1.54) is 17.5 Å². The average Bonchev–Trinajstić information content (AvgIpc) is 2.20. The molecule has 0 aromatic heterocycles. The van der Waals surface area contributed by atoms with Crippen LogP contribution in [0.3, 0.4) is 0 Å². The van der Waals surface area contributed by atoms with Crippen LogP contribution in [0.5, 0.6) is 0 Å². The largest absolute Gasteiger partial charge is 0.257 e. The van der Waals surface area contributed by atoms with E-state index in [1.54, 1.807) is 0 Å². The molecule has 0 N–H and O–H groups in total. The fourth-order valence-electron chi connectivity index (χ4n) is 1.40. The van der Waals surface area contributed by atoms with Crippen LogP contribution >= 0.6 is 0 Å². The third kappa shape index (κ3) is 4.11. The standard InChI is InChI=1S/C14H19N/c1-4-5-6-7-10-15-14-9-8-12(2)11-13(14)3/h6-11H,4-5H2,1-3H3/b7-6-,15-10?. The van der Waals surface area contributed by atoms with Crippen LogP contribution in [0.25, 0.3) is 0 Å². The van der Waals surface area contributed by atoms with Gasteiger partial charge in [0.1, 0.15) is 0 Å². The lowest BCUT2D eigenvalue weighted by atomic mass is 10.1. The minimum atomic E-state index is 1.06. The zero-order valence-corrected chi connectivity index (χ0v) is 9.83. The highest BCUT2D eigenvalue weighted by Gasteiger charge is 1.93. The Hall–Kier alpha value is -1.37. The van der Waals surface area contributed by atoms with Gasteiger partial charge >= 0.3 is 0 Å². The van der Waals surface area contributed by atoms with Crippen molar-refractivity contribution >= 4 is 11.9 Å². The highest BCUT2D eigenvalue weighted by atomic mass is 14.7. The summed E-state index contributed by atoms with van der Waals surface area (Å²) in [6.07, 6.45) is 8.34. The molecular weight excluding hydrogens is 182 g/mol. The molecule has 0 saturated carbocycles. The molecule has 1 aromatic carbocycles. The number of hydrogen-bond acceptors (Lipinski definition) is 1. The van der Waals surface area contributed by atoms with Gasteiger partial charge in [0.05, 0.1) is 5.69 Å². The summed E-state index contributed by atoms with van der Waals surface area (Å²) in [5.41, 5.74) is 3.57. The molecule has 0 atom stereocenters. The van der Waals surface area contributed by atoms with Crippen molar-refractivity contribution in [2.45, 2.75) is 33.6 Å². The van der Waals surface area contributed by atoms with Gasteiger partial charge in [-0.15, -0.1) is 0 Å². The van der Waals surface area contributed by atoms with Gasteiger partial charge in [-0.25, -0.2) is 0 Å². The van der Waals surface area contributed by atoms with Gasteiger partial charge < -0.3 is 0 Å². The van der Waals surface area contributed by atoms with Gasteiger partial charge in [0.15, 0.2) is 0 Å². The first-order valence-corrected chi connectivity index (χ1v) is 5.50. The number of hydrogen-bond donors (Lipinski definition) is 0. The van der Waals surface area contributed by atoms with E-state index in [0.29, 0.717) is 0 Å². The molecule has 1 nitrogen and oxygen atoms in total. The molecule has 1 rings (SSSR count). The van der Waals surface area contributed by atoms with E-state index in [0.717, 1.165) is 12.1 Å². The molecule has 0 aliphatic rings. The molecule has 0 aliphatic carbocycles. The highest BCUT2D eigenvalue weighted by molar-refractivity contribution is 5.75. The van der Waals surface area contributed by atoms with Crippen LogP contribution in [0.1, 0.15) is 30.9 Å². The normalized spacial score (nSPS) is 11.7. The third-order valence-corrected chi connectivity index (χ3v) is 2.24. The Labute approximate surface area is 92.6 Å². The number of nitrogens with zero attached hydrogens (tertiary/aromatic N) is 1. The topological polar surface area (TPSA) is 12.4 Å². The zero-order chi connectivity index (χ0) is 11.1. The Kier molecular flexibility index (Phi) is 4.82. The summed E-state index contributed by atoms with van der Waals surface area (Å²) in [7, 11) is 0. The molecule has 0 fully saturated rings. The Balaban J connectivity index is 2.64. The van der Waals surface area contributed by atoms with Gasteiger partial charge in [-0.1, -0.05) is 37.1 Å². The van der Waals surface area contributed by atoms with Crippen molar-refractivity contribution < 1.29 is 0 Å². The maximum atomic E-state index is 4.41. The zero-order valence-electron chi connectivity index (χ0n) is 9.83. The first-order chi connectivity index (χ1) is 7.24. The monoisotopic (exact) mass is 201 g/mol. The Bertz CT molecular complexity index is 362. The molecule has 0 radical (unpaired) electrons. The second kappa shape index (κ2) is 6.18. The lowest BCUT2D eigenvalue weighted by molar-refractivity contribution is 0.960. The van der Waals surface area contributed by atoms with Crippen LogP contribution in [-0.4, -0.2) is 6.21 Å². The quantitative estimate of drug-likeness (QED) is 0.642. The number of rotatable bonds is 4. The molecule has 0 unspecified atom stereocenters. The third-order valence-electron chi connectivity index (χ3n) is 2.24. The van der Waals surface area contributed by atoms with Crippen molar-refractivity contribution in [3.8, 4) is 0 Å². The fraction of sp³-hybridized carbons (Fsp3) is 0.357. The van der Waals surface area contributed by atoms with Gasteiger partial charge in [-0.05, 0) is 38.0 Å².